The molecule has 0 unspecified atom stereocenters. The average molecular weight is 362 g/mol. The molecule has 0 bridgehead atoms. The van der Waals surface area contributed by atoms with E-state index >= 15 is 0 Å². The number of hydrogen-bond donors (Lipinski definition) is 1. The van der Waals surface area contributed by atoms with Crippen LogP contribution in [0.5, 0.6) is 5.75 Å². The Bertz CT molecular complexity index is 376. The normalized spacial score (nSPS) is 17.2. The molecule has 0 atom stereocenters. The Kier molecular flexibility index (Phi) is 6.21. The second-order valence-electron chi connectivity index (χ2n) is 4.81. The van der Waals surface area contributed by atoms with Crippen molar-refractivity contribution in [1.29, 1.82) is 0 Å². The van der Waals surface area contributed by atoms with Crippen molar-refractivity contribution in [2.45, 2.75) is 25.7 Å². The molecule has 18 heavy (non-hydrogen) atoms. The molecule has 1 heterocycles. The molecule has 0 saturated carbocycles. The van der Waals surface area contributed by atoms with E-state index in [4.69, 9.17) is 10.5 Å². The van der Waals surface area contributed by atoms with Gasteiger partial charge in [-0.05, 0) is 57.5 Å². The molecule has 102 valence electrons. The van der Waals surface area contributed by atoms with Crippen LogP contribution >= 0.6 is 24.0 Å². The molecule has 1 fully saturated rings. The van der Waals surface area contributed by atoms with Crippen molar-refractivity contribution in [2.75, 3.05) is 32.5 Å². The number of benzene rings is 1. The molecule has 4 heteroatoms. The quantitative estimate of drug-likeness (QED) is 0.664. The van der Waals surface area contributed by atoms with Crippen LogP contribution in [0.25, 0.3) is 0 Å². The summed E-state index contributed by atoms with van der Waals surface area (Å²) >= 11 is 0. The van der Waals surface area contributed by atoms with Gasteiger partial charge in [0.2, 0.25) is 0 Å². The van der Waals surface area contributed by atoms with E-state index in [0.717, 1.165) is 11.4 Å². The number of hydrogen-bond acceptors (Lipinski definition) is 3. The van der Waals surface area contributed by atoms with Crippen LogP contribution in [-0.2, 0) is 0 Å². The Hall–Kier alpha value is -0.490. The van der Waals surface area contributed by atoms with Gasteiger partial charge in [0.25, 0.3) is 0 Å². The van der Waals surface area contributed by atoms with Crippen molar-refractivity contribution >= 4 is 29.7 Å². The maximum Gasteiger partial charge on any atom is 0.124 e. The van der Waals surface area contributed by atoms with Gasteiger partial charge in [-0.2, -0.15) is 0 Å². The van der Waals surface area contributed by atoms with E-state index in [9.17, 15) is 0 Å². The Balaban J connectivity index is 0.00000162. The highest BCUT2D eigenvalue weighted by Gasteiger charge is 2.21. The summed E-state index contributed by atoms with van der Waals surface area (Å²) in [5.74, 6) is 1.59. The Morgan fingerprint density at radius 1 is 1.33 bits per heavy atom. The molecule has 1 saturated heterocycles. The van der Waals surface area contributed by atoms with Crippen LogP contribution in [0.4, 0.5) is 5.69 Å². The Morgan fingerprint density at radius 3 is 2.61 bits per heavy atom. The third kappa shape index (κ3) is 3.75. The molecule has 0 aliphatic carbocycles. The molecule has 2 rings (SSSR count). The summed E-state index contributed by atoms with van der Waals surface area (Å²) in [6.45, 7) is 5.05. The molecule has 0 spiro atoms. The maximum atomic E-state index is 5.82. The first-order chi connectivity index (χ1) is 8.20. The molecular weight excluding hydrogens is 339 g/mol. The number of nitrogen functional groups attached to an aromatic ring is 1. The first kappa shape index (κ1) is 15.6. The average Bonchev–Trinajstić information content (AvgIpc) is 2.31. The van der Waals surface area contributed by atoms with E-state index < -0.39 is 0 Å². The number of piperidine rings is 1. The second kappa shape index (κ2) is 7.19. The smallest absolute Gasteiger partial charge is 0.124 e. The third-order valence-electron chi connectivity index (χ3n) is 3.50. The molecule has 1 aliphatic rings. The van der Waals surface area contributed by atoms with Crippen LogP contribution in [-0.4, -0.2) is 31.6 Å². The number of ether oxygens (including phenoxy) is 1. The van der Waals surface area contributed by atoms with Crippen molar-refractivity contribution in [3.63, 3.8) is 0 Å². The molecule has 2 N–H and O–H groups in total. The fraction of sp³-hybridized carbons (Fsp3) is 0.571. The lowest BCUT2D eigenvalue weighted by Crippen LogP contribution is -2.29. The predicted octanol–water partition coefficient (Wildman–Crippen LogP) is 3.09. The first-order valence-corrected chi connectivity index (χ1v) is 6.41. The second-order valence-corrected chi connectivity index (χ2v) is 4.81. The minimum absolute atomic E-state index is 0. The highest BCUT2D eigenvalue weighted by Crippen LogP contribution is 2.35. The highest BCUT2D eigenvalue weighted by molar-refractivity contribution is 14.0. The van der Waals surface area contributed by atoms with E-state index in [1.54, 1.807) is 0 Å². The van der Waals surface area contributed by atoms with Gasteiger partial charge in [-0.3, -0.25) is 0 Å². The van der Waals surface area contributed by atoms with Crippen LogP contribution in [0.15, 0.2) is 18.2 Å². The number of halogens is 1. The van der Waals surface area contributed by atoms with Crippen LogP contribution in [0.1, 0.15) is 31.2 Å². The summed E-state index contributed by atoms with van der Waals surface area (Å²) in [6.07, 6.45) is 2.42. The standard InChI is InChI=1S/C14H22N2O.HI/c1-3-17-14-10-12(15)4-5-13(14)11-6-8-16(2)9-7-11;/h4-5,10-11H,3,6-9,15H2,1-2H3;1H. The van der Waals surface area contributed by atoms with Gasteiger partial charge in [0.05, 0.1) is 6.61 Å². The predicted molar refractivity (Wildman–Crippen MR) is 86.9 cm³/mol. The fourth-order valence-corrected chi connectivity index (χ4v) is 2.49. The maximum absolute atomic E-state index is 5.82. The van der Waals surface area contributed by atoms with Crippen molar-refractivity contribution < 1.29 is 4.74 Å². The number of anilines is 1. The summed E-state index contributed by atoms with van der Waals surface area (Å²) in [4.78, 5) is 2.38. The van der Waals surface area contributed by atoms with Crippen LogP contribution in [0.3, 0.4) is 0 Å². The zero-order valence-electron chi connectivity index (χ0n) is 11.2. The minimum Gasteiger partial charge on any atom is -0.494 e. The molecule has 3 nitrogen and oxygen atoms in total. The summed E-state index contributed by atoms with van der Waals surface area (Å²) < 4.78 is 5.70. The lowest BCUT2D eigenvalue weighted by Gasteiger charge is -2.30. The lowest BCUT2D eigenvalue weighted by molar-refractivity contribution is 0.250. The summed E-state index contributed by atoms with van der Waals surface area (Å²) in [7, 11) is 2.18. The van der Waals surface area contributed by atoms with Crippen LogP contribution < -0.4 is 10.5 Å². The SMILES string of the molecule is CCOc1cc(N)ccc1C1CCN(C)CC1.I. The molecule has 1 aromatic rings. The molecule has 0 aromatic heterocycles. The Morgan fingerprint density at radius 2 is 2.00 bits per heavy atom. The summed E-state index contributed by atoms with van der Waals surface area (Å²) in [5, 5.41) is 0. The zero-order valence-corrected chi connectivity index (χ0v) is 13.5. The first-order valence-electron chi connectivity index (χ1n) is 6.41. The van der Waals surface area contributed by atoms with E-state index in [1.165, 1.54) is 31.5 Å². The van der Waals surface area contributed by atoms with Crippen molar-refractivity contribution in [2.24, 2.45) is 0 Å². The highest BCUT2D eigenvalue weighted by atomic mass is 127. The number of likely N-dealkylation sites (tertiary alicyclic amines) is 1. The van der Waals surface area contributed by atoms with E-state index in [0.29, 0.717) is 12.5 Å². The molecule has 1 aliphatic heterocycles. The van der Waals surface area contributed by atoms with Gasteiger partial charge in [0.15, 0.2) is 0 Å². The molecule has 0 amide bonds. The van der Waals surface area contributed by atoms with E-state index in [1.807, 2.05) is 19.1 Å². The Labute approximate surface area is 127 Å². The zero-order chi connectivity index (χ0) is 12.3. The van der Waals surface area contributed by atoms with Gasteiger partial charge in [0.1, 0.15) is 5.75 Å². The monoisotopic (exact) mass is 362 g/mol. The van der Waals surface area contributed by atoms with E-state index in [2.05, 4.69) is 18.0 Å². The van der Waals surface area contributed by atoms with Crippen LogP contribution in [0, 0.1) is 0 Å². The van der Waals surface area contributed by atoms with Gasteiger partial charge < -0.3 is 15.4 Å². The third-order valence-corrected chi connectivity index (χ3v) is 3.50. The van der Waals surface area contributed by atoms with Crippen molar-refractivity contribution in [1.82, 2.24) is 4.90 Å². The van der Waals surface area contributed by atoms with Gasteiger partial charge >= 0.3 is 0 Å². The lowest BCUT2D eigenvalue weighted by atomic mass is 9.89. The topological polar surface area (TPSA) is 38.5 Å². The fourth-order valence-electron chi connectivity index (χ4n) is 2.49. The molecule has 0 radical (unpaired) electrons. The van der Waals surface area contributed by atoms with E-state index in [-0.39, 0.29) is 24.0 Å². The van der Waals surface area contributed by atoms with Gasteiger partial charge in [-0.25, -0.2) is 0 Å². The van der Waals surface area contributed by atoms with Crippen LogP contribution in [0.2, 0.25) is 0 Å². The van der Waals surface area contributed by atoms with Crippen molar-refractivity contribution in [3.8, 4) is 5.75 Å². The largest absolute Gasteiger partial charge is 0.494 e. The van der Waals surface area contributed by atoms with Crippen molar-refractivity contribution in [3.05, 3.63) is 23.8 Å². The summed E-state index contributed by atoms with van der Waals surface area (Å²) in [5.41, 5.74) is 7.93. The number of rotatable bonds is 3. The van der Waals surface area contributed by atoms with Gasteiger partial charge in [-0.1, -0.05) is 6.07 Å². The summed E-state index contributed by atoms with van der Waals surface area (Å²) in [6, 6.07) is 6.07. The molecular formula is C14H23IN2O. The number of nitrogens with zero attached hydrogens (tertiary/aromatic N) is 1. The molecule has 1 aromatic carbocycles. The minimum atomic E-state index is 0. The van der Waals surface area contributed by atoms with Gasteiger partial charge in [-0.15, -0.1) is 24.0 Å². The van der Waals surface area contributed by atoms with Gasteiger partial charge in [0, 0.05) is 11.8 Å². The number of nitrogens with two attached hydrogens (primary N) is 1.